The third-order valence-corrected chi connectivity index (χ3v) is 5.52. The van der Waals surface area contributed by atoms with Crippen molar-refractivity contribution < 1.29 is 24.6 Å². The van der Waals surface area contributed by atoms with E-state index in [0.717, 1.165) is 20.8 Å². The molecular weight excluding hydrogens is 604 g/mol. The molecule has 0 spiro atoms. The normalized spacial score (nSPS) is 9.92. The number of pyridine rings is 2. The second-order valence-corrected chi connectivity index (χ2v) is 9.09. The average molecular weight is 626 g/mol. The van der Waals surface area contributed by atoms with Crippen molar-refractivity contribution in [3.8, 4) is 11.5 Å². The molecule has 4 rings (SSSR count). The highest BCUT2D eigenvalue weighted by Crippen LogP contribution is 2.23. The van der Waals surface area contributed by atoms with Crippen LogP contribution in [0.3, 0.4) is 0 Å². The van der Waals surface area contributed by atoms with Crippen LogP contribution in [0.25, 0.3) is 6.08 Å². The van der Waals surface area contributed by atoms with Crippen LogP contribution in [0.15, 0.2) is 100 Å². The van der Waals surface area contributed by atoms with Crippen LogP contribution in [0.2, 0.25) is 0 Å². The molecule has 2 aromatic carbocycles. The maximum Gasteiger partial charge on any atom is 0.189 e. The molecule has 0 atom stereocenters. The number of phenolic OH excluding ortho intramolecular Hbond substituents is 2. The first-order valence-electron chi connectivity index (χ1n) is 10.7. The van der Waals surface area contributed by atoms with Gasteiger partial charge in [-0.25, -0.2) is 0 Å². The highest BCUT2D eigenvalue weighted by Gasteiger charge is 2.08. The smallest absolute Gasteiger partial charge is 0.189 e. The van der Waals surface area contributed by atoms with E-state index in [1.54, 1.807) is 79.4 Å². The molecule has 0 unspecified atom stereocenters. The molecule has 0 bridgehead atoms. The van der Waals surface area contributed by atoms with Gasteiger partial charge in [0.05, 0.1) is 11.1 Å². The number of hydrogen-bond acceptors (Lipinski definition) is 7. The topological polar surface area (TPSA) is 117 Å². The number of ketones is 2. The Hall–Kier alpha value is -3.95. The minimum Gasteiger partial charge on any atom is -0.507 e. The maximum atomic E-state index is 11.9. The summed E-state index contributed by atoms with van der Waals surface area (Å²) >= 11 is 6.47. The van der Waals surface area contributed by atoms with Gasteiger partial charge in [0.1, 0.15) is 17.8 Å². The highest BCUT2D eigenvalue weighted by atomic mass is 79.9. The largest absolute Gasteiger partial charge is 0.507 e. The summed E-state index contributed by atoms with van der Waals surface area (Å²) in [4.78, 5) is 40.3. The minimum atomic E-state index is -0.245. The first-order valence-corrected chi connectivity index (χ1v) is 12.3. The second-order valence-electron chi connectivity index (χ2n) is 7.26. The van der Waals surface area contributed by atoms with Crippen LogP contribution in [0, 0.1) is 0 Å². The number of carbonyl (C=O) groups excluding carboxylic acids is 3. The van der Waals surface area contributed by atoms with Crippen LogP contribution in [-0.4, -0.2) is 38.0 Å². The molecular formula is C28H22Br2N2O5. The maximum absolute atomic E-state index is 11.9. The molecule has 0 fully saturated rings. The molecule has 2 N–H and O–H groups in total. The molecule has 4 aromatic rings. The first kappa shape index (κ1) is 29.3. The van der Waals surface area contributed by atoms with E-state index >= 15 is 0 Å². The molecule has 7 nitrogen and oxygen atoms in total. The van der Waals surface area contributed by atoms with E-state index in [4.69, 9.17) is 5.11 Å². The Morgan fingerprint density at radius 3 is 1.62 bits per heavy atom. The molecule has 188 valence electrons. The first-order chi connectivity index (χ1) is 17.7. The van der Waals surface area contributed by atoms with Gasteiger partial charge in [-0.05, 0) is 79.2 Å². The van der Waals surface area contributed by atoms with Gasteiger partial charge in [-0.2, -0.15) is 0 Å². The van der Waals surface area contributed by atoms with Crippen molar-refractivity contribution in [2.45, 2.75) is 6.92 Å². The number of rotatable bonds is 5. The molecule has 0 aliphatic carbocycles. The van der Waals surface area contributed by atoms with E-state index in [9.17, 15) is 19.5 Å². The zero-order valence-electron chi connectivity index (χ0n) is 19.6. The summed E-state index contributed by atoms with van der Waals surface area (Å²) in [6.07, 6.45) is 10.4. The lowest BCUT2D eigenvalue weighted by molar-refractivity contribution is 0.101. The lowest BCUT2D eigenvalue weighted by Gasteiger charge is -2.00. The summed E-state index contributed by atoms with van der Waals surface area (Å²) in [6.45, 7) is 1.42. The van der Waals surface area contributed by atoms with Crippen molar-refractivity contribution in [2.75, 3.05) is 0 Å². The van der Waals surface area contributed by atoms with E-state index in [-0.39, 0.29) is 28.6 Å². The van der Waals surface area contributed by atoms with E-state index in [1.165, 1.54) is 25.1 Å². The molecule has 0 amide bonds. The molecule has 37 heavy (non-hydrogen) atoms. The van der Waals surface area contributed by atoms with Gasteiger partial charge in [0.15, 0.2) is 11.6 Å². The van der Waals surface area contributed by atoms with Gasteiger partial charge in [-0.3, -0.25) is 24.4 Å². The predicted molar refractivity (Wildman–Crippen MR) is 149 cm³/mol. The van der Waals surface area contributed by atoms with E-state index in [1.807, 2.05) is 0 Å². The monoisotopic (exact) mass is 624 g/mol. The van der Waals surface area contributed by atoms with Crippen LogP contribution in [0.1, 0.15) is 43.6 Å². The number of aromatic hydroxyl groups is 2. The van der Waals surface area contributed by atoms with Gasteiger partial charge < -0.3 is 10.2 Å². The summed E-state index contributed by atoms with van der Waals surface area (Å²) in [7, 11) is 0. The number of aldehydes is 1. The standard InChI is InChI=1S/C14H10BrNO2.C8H7BrO2.C6H5NO/c15-11-2-4-14(18)12(9-11)13(17)3-1-10-5-7-16-8-6-10;1-5(10)7-4-6(9)2-3-8(7)11;8-5-6-1-3-7-4-2-6/h1-9,18H;2-4,11H,1H3;1-5H/b3-1+;;. The summed E-state index contributed by atoms with van der Waals surface area (Å²) in [6, 6.07) is 16.4. The van der Waals surface area contributed by atoms with Crippen molar-refractivity contribution in [3.05, 3.63) is 123 Å². The Labute approximate surface area is 230 Å². The van der Waals surface area contributed by atoms with Crippen LogP contribution < -0.4 is 0 Å². The predicted octanol–water partition coefficient (Wildman–Crippen LogP) is 6.70. The average Bonchev–Trinajstić information content (AvgIpc) is 2.91. The van der Waals surface area contributed by atoms with Crippen LogP contribution >= 0.6 is 31.9 Å². The van der Waals surface area contributed by atoms with Gasteiger partial charge in [0.2, 0.25) is 0 Å². The lowest BCUT2D eigenvalue weighted by Crippen LogP contribution is -1.94. The van der Waals surface area contributed by atoms with E-state index < -0.39 is 0 Å². The van der Waals surface area contributed by atoms with Gasteiger partial charge in [0, 0.05) is 39.3 Å². The van der Waals surface area contributed by atoms with Crippen LogP contribution in [0.4, 0.5) is 0 Å². The number of allylic oxidation sites excluding steroid dienone is 1. The SMILES string of the molecule is CC(=O)c1cc(Br)ccc1O.O=C(/C=C/c1ccncc1)c1cc(Br)ccc1O.O=Cc1ccncc1. The van der Waals surface area contributed by atoms with Gasteiger partial charge in [0.25, 0.3) is 0 Å². The number of phenols is 2. The summed E-state index contributed by atoms with van der Waals surface area (Å²) in [5, 5.41) is 18.8. The number of nitrogens with zero attached hydrogens (tertiary/aromatic N) is 2. The van der Waals surface area contributed by atoms with Crippen LogP contribution in [0.5, 0.6) is 11.5 Å². The summed E-state index contributed by atoms with van der Waals surface area (Å²) in [5.74, 6) is -0.377. The fourth-order valence-corrected chi connectivity index (χ4v) is 3.40. The summed E-state index contributed by atoms with van der Waals surface area (Å²) in [5.41, 5.74) is 2.17. The highest BCUT2D eigenvalue weighted by molar-refractivity contribution is 9.10. The Morgan fingerprint density at radius 1 is 0.730 bits per heavy atom. The zero-order chi connectivity index (χ0) is 27.2. The van der Waals surface area contributed by atoms with Gasteiger partial charge in [-0.1, -0.05) is 37.9 Å². The van der Waals surface area contributed by atoms with Gasteiger partial charge in [-0.15, -0.1) is 0 Å². The van der Waals surface area contributed by atoms with Crippen molar-refractivity contribution >= 4 is 55.8 Å². The molecule has 2 heterocycles. The van der Waals surface area contributed by atoms with Crippen molar-refractivity contribution in [2.24, 2.45) is 0 Å². The number of Topliss-reactive ketones (excluding diaryl/α,β-unsaturated/α-hetero) is 1. The second kappa shape index (κ2) is 15.2. The molecule has 0 aliphatic heterocycles. The summed E-state index contributed by atoms with van der Waals surface area (Å²) < 4.78 is 1.54. The van der Waals surface area contributed by atoms with E-state index in [2.05, 4.69) is 41.8 Å². The third kappa shape index (κ3) is 10.3. The number of halogens is 2. The van der Waals surface area contributed by atoms with E-state index in [0.29, 0.717) is 11.1 Å². The molecule has 9 heteroatoms. The van der Waals surface area contributed by atoms with Crippen LogP contribution in [-0.2, 0) is 0 Å². The number of carbonyl (C=O) groups is 3. The van der Waals surface area contributed by atoms with Gasteiger partial charge >= 0.3 is 0 Å². The fourth-order valence-electron chi connectivity index (χ4n) is 2.67. The number of aromatic nitrogens is 2. The third-order valence-electron chi connectivity index (χ3n) is 4.54. The molecule has 0 aliphatic rings. The van der Waals surface area contributed by atoms with Crippen molar-refractivity contribution in [1.29, 1.82) is 0 Å². The minimum absolute atomic E-state index is 0.0254. The number of hydrogen-bond donors (Lipinski definition) is 2. The Kier molecular flexibility index (Phi) is 12.0. The quantitative estimate of drug-likeness (QED) is 0.144. The van der Waals surface area contributed by atoms with Crippen molar-refractivity contribution in [3.63, 3.8) is 0 Å². The molecule has 0 radical (unpaired) electrons. The fraction of sp³-hybridized carbons (Fsp3) is 0.0357. The lowest BCUT2D eigenvalue weighted by atomic mass is 10.1. The molecule has 0 saturated carbocycles. The van der Waals surface area contributed by atoms with Crippen molar-refractivity contribution in [1.82, 2.24) is 9.97 Å². The Morgan fingerprint density at radius 2 is 1.19 bits per heavy atom. The zero-order valence-corrected chi connectivity index (χ0v) is 22.8. The number of benzene rings is 2. The molecule has 2 aromatic heterocycles. The Balaban J connectivity index is 0.000000215. The Bertz CT molecular complexity index is 1380. The molecule has 0 saturated heterocycles.